The van der Waals surface area contributed by atoms with Gasteiger partial charge in [0.2, 0.25) is 0 Å². The number of phenols is 2. The summed E-state index contributed by atoms with van der Waals surface area (Å²) in [6.45, 7) is 6.53. The molecule has 3 aromatic rings. The predicted molar refractivity (Wildman–Crippen MR) is 135 cm³/mol. The number of benzene rings is 3. The minimum Gasteiger partial charge on any atom is -0.508 e. The zero-order chi connectivity index (χ0) is 23.5. The second kappa shape index (κ2) is 9.75. The number of allylic oxidation sites excluding steroid dienone is 1. The highest BCUT2D eigenvalue weighted by atomic mass is 16.5. The van der Waals surface area contributed by atoms with E-state index in [-0.39, 0.29) is 17.6 Å². The van der Waals surface area contributed by atoms with Crippen LogP contribution >= 0.6 is 0 Å². The van der Waals surface area contributed by atoms with Crippen molar-refractivity contribution in [2.24, 2.45) is 0 Å². The summed E-state index contributed by atoms with van der Waals surface area (Å²) < 4.78 is 11.9. The average molecular weight is 456 g/mol. The Hall–Kier alpha value is -3.54. The number of phenolic OH excluding ortho intramolecular Hbond substituents is 2. The molecule has 1 atom stereocenters. The third-order valence-electron chi connectivity index (χ3n) is 6.45. The van der Waals surface area contributed by atoms with Gasteiger partial charge < -0.3 is 19.7 Å². The highest BCUT2D eigenvalue weighted by Crippen LogP contribution is 2.47. The molecule has 174 valence electrons. The van der Waals surface area contributed by atoms with Crippen LogP contribution < -0.4 is 4.74 Å². The minimum absolute atomic E-state index is 0.198. The first kappa shape index (κ1) is 22.3. The fourth-order valence-electron chi connectivity index (χ4n) is 4.62. The summed E-state index contributed by atoms with van der Waals surface area (Å²) in [5, 5.41) is 20.2. The quantitative estimate of drug-likeness (QED) is 0.531. The van der Waals surface area contributed by atoms with Gasteiger partial charge in [-0.15, -0.1) is 0 Å². The number of hydrogen-bond acceptors (Lipinski definition) is 5. The van der Waals surface area contributed by atoms with Crippen molar-refractivity contribution in [3.63, 3.8) is 0 Å². The third kappa shape index (κ3) is 4.72. The van der Waals surface area contributed by atoms with E-state index < -0.39 is 0 Å². The lowest BCUT2D eigenvalue weighted by atomic mass is 9.86. The summed E-state index contributed by atoms with van der Waals surface area (Å²) in [5.41, 5.74) is 5.91. The average Bonchev–Trinajstić information content (AvgIpc) is 2.85. The van der Waals surface area contributed by atoms with Crippen LogP contribution in [0.25, 0.3) is 17.2 Å². The molecule has 0 aromatic heterocycles. The summed E-state index contributed by atoms with van der Waals surface area (Å²) in [5.74, 6) is 1.14. The highest BCUT2D eigenvalue weighted by molar-refractivity contribution is 5.95. The lowest BCUT2D eigenvalue weighted by molar-refractivity contribution is 0.0435. The topological polar surface area (TPSA) is 62.2 Å². The maximum Gasteiger partial charge on any atom is 0.150 e. The van der Waals surface area contributed by atoms with Crippen LogP contribution in [-0.4, -0.2) is 48.0 Å². The summed E-state index contributed by atoms with van der Waals surface area (Å²) in [6, 6.07) is 20.8. The van der Waals surface area contributed by atoms with Gasteiger partial charge >= 0.3 is 0 Å². The Morgan fingerprint density at radius 2 is 1.71 bits per heavy atom. The van der Waals surface area contributed by atoms with E-state index in [1.54, 1.807) is 24.3 Å². The SMILES string of the molecule is CC1=C(c2cccc(O)c2)C(c2ccc(/C=C\CN3CCOCC3)cc2)Oc2ccc(O)cc21. The summed E-state index contributed by atoms with van der Waals surface area (Å²) >= 11 is 0. The molecule has 0 spiro atoms. The predicted octanol–water partition coefficient (Wildman–Crippen LogP) is 5.51. The van der Waals surface area contributed by atoms with Crippen molar-refractivity contribution >= 4 is 17.2 Å². The first-order valence-corrected chi connectivity index (χ1v) is 11.7. The monoisotopic (exact) mass is 455 g/mol. The van der Waals surface area contributed by atoms with Crippen molar-refractivity contribution in [2.75, 3.05) is 32.8 Å². The zero-order valence-electron chi connectivity index (χ0n) is 19.3. The Labute approximate surface area is 200 Å². The third-order valence-corrected chi connectivity index (χ3v) is 6.45. The molecule has 3 aromatic carbocycles. The molecule has 2 aliphatic rings. The fourth-order valence-corrected chi connectivity index (χ4v) is 4.62. The van der Waals surface area contributed by atoms with E-state index in [2.05, 4.69) is 41.3 Å². The molecular formula is C29H29NO4. The number of rotatable bonds is 5. The van der Waals surface area contributed by atoms with Crippen molar-refractivity contribution < 1.29 is 19.7 Å². The standard InChI is InChI=1S/C29H29NO4/c1-20-26-19-25(32)11-12-27(26)34-29(28(20)23-5-2-6-24(31)18-23)22-9-7-21(8-10-22)4-3-13-30-14-16-33-17-15-30/h2-12,18-19,29,31-32H,13-17H2,1H3/b4-3-. The maximum atomic E-state index is 10.1. The molecule has 1 fully saturated rings. The van der Waals surface area contributed by atoms with Crippen LogP contribution in [0.3, 0.4) is 0 Å². The van der Waals surface area contributed by atoms with E-state index in [4.69, 9.17) is 9.47 Å². The van der Waals surface area contributed by atoms with Gasteiger partial charge in [-0.1, -0.05) is 48.6 Å². The van der Waals surface area contributed by atoms with E-state index in [1.165, 1.54) is 0 Å². The number of hydrogen-bond donors (Lipinski definition) is 2. The van der Waals surface area contributed by atoms with Gasteiger partial charge in [0, 0.05) is 30.8 Å². The Bertz CT molecular complexity index is 1220. The lowest BCUT2D eigenvalue weighted by Crippen LogP contribution is -2.36. The van der Waals surface area contributed by atoms with Gasteiger partial charge in [0.1, 0.15) is 23.4 Å². The Kier molecular flexibility index (Phi) is 6.39. The molecule has 5 rings (SSSR count). The van der Waals surface area contributed by atoms with Crippen molar-refractivity contribution in [3.8, 4) is 17.2 Å². The van der Waals surface area contributed by atoms with E-state index in [9.17, 15) is 10.2 Å². The fraction of sp³-hybridized carbons (Fsp3) is 0.241. The van der Waals surface area contributed by atoms with Crippen LogP contribution in [0.4, 0.5) is 0 Å². The molecule has 0 amide bonds. The second-order valence-electron chi connectivity index (χ2n) is 8.75. The van der Waals surface area contributed by atoms with E-state index >= 15 is 0 Å². The Morgan fingerprint density at radius 3 is 2.47 bits per heavy atom. The van der Waals surface area contributed by atoms with E-state index in [0.717, 1.165) is 72.0 Å². The molecule has 0 radical (unpaired) electrons. The van der Waals surface area contributed by atoms with Crippen LogP contribution in [0.5, 0.6) is 17.2 Å². The molecule has 2 aliphatic heterocycles. The molecule has 1 unspecified atom stereocenters. The summed E-state index contributed by atoms with van der Waals surface area (Å²) in [4.78, 5) is 2.38. The molecule has 2 heterocycles. The number of ether oxygens (including phenoxy) is 2. The van der Waals surface area contributed by atoms with Crippen molar-refractivity contribution in [2.45, 2.75) is 13.0 Å². The van der Waals surface area contributed by atoms with Gasteiger partial charge in [0.25, 0.3) is 0 Å². The van der Waals surface area contributed by atoms with Crippen molar-refractivity contribution in [3.05, 3.63) is 95.1 Å². The molecule has 5 heteroatoms. The molecule has 0 saturated carbocycles. The first-order valence-electron chi connectivity index (χ1n) is 11.7. The van der Waals surface area contributed by atoms with Gasteiger partial charge in [0.05, 0.1) is 13.2 Å². The van der Waals surface area contributed by atoms with Crippen LogP contribution in [0, 0.1) is 0 Å². The summed E-state index contributed by atoms with van der Waals surface area (Å²) in [6.07, 6.45) is 4.02. The van der Waals surface area contributed by atoms with Gasteiger partial charge in [-0.3, -0.25) is 4.90 Å². The minimum atomic E-state index is -0.328. The van der Waals surface area contributed by atoms with E-state index in [0.29, 0.717) is 0 Å². The number of morpholine rings is 1. The number of aromatic hydroxyl groups is 2. The zero-order valence-corrected chi connectivity index (χ0v) is 19.3. The normalized spacial score (nSPS) is 18.7. The van der Waals surface area contributed by atoms with Crippen LogP contribution in [0.15, 0.2) is 72.8 Å². The molecule has 34 heavy (non-hydrogen) atoms. The van der Waals surface area contributed by atoms with E-state index in [1.807, 2.05) is 25.1 Å². The first-order chi connectivity index (χ1) is 16.6. The second-order valence-corrected chi connectivity index (χ2v) is 8.75. The van der Waals surface area contributed by atoms with Crippen molar-refractivity contribution in [1.29, 1.82) is 0 Å². The molecular weight excluding hydrogens is 426 g/mol. The van der Waals surface area contributed by atoms with Gasteiger partial charge in [-0.25, -0.2) is 0 Å². The molecule has 0 bridgehead atoms. The number of nitrogens with zero attached hydrogens (tertiary/aromatic N) is 1. The smallest absolute Gasteiger partial charge is 0.150 e. The highest BCUT2D eigenvalue weighted by Gasteiger charge is 2.29. The van der Waals surface area contributed by atoms with Crippen LogP contribution in [0.2, 0.25) is 0 Å². The number of fused-ring (bicyclic) bond motifs is 1. The molecule has 0 aliphatic carbocycles. The van der Waals surface area contributed by atoms with Gasteiger partial charge in [-0.05, 0) is 59.5 Å². The van der Waals surface area contributed by atoms with Gasteiger partial charge in [0.15, 0.2) is 0 Å². The maximum absolute atomic E-state index is 10.1. The lowest BCUT2D eigenvalue weighted by Gasteiger charge is -2.31. The Balaban J connectivity index is 1.44. The van der Waals surface area contributed by atoms with Crippen LogP contribution in [-0.2, 0) is 4.74 Å². The molecule has 2 N–H and O–H groups in total. The van der Waals surface area contributed by atoms with Crippen molar-refractivity contribution in [1.82, 2.24) is 4.90 Å². The Morgan fingerprint density at radius 1 is 0.941 bits per heavy atom. The van der Waals surface area contributed by atoms with Gasteiger partial charge in [-0.2, -0.15) is 0 Å². The largest absolute Gasteiger partial charge is 0.508 e. The van der Waals surface area contributed by atoms with Crippen LogP contribution in [0.1, 0.15) is 35.3 Å². The summed E-state index contributed by atoms with van der Waals surface area (Å²) in [7, 11) is 0. The molecule has 5 nitrogen and oxygen atoms in total. The molecule has 1 saturated heterocycles.